The number of alkyl halides is 3. The average Bonchev–Trinajstić information content (AvgIpc) is 2.50. The summed E-state index contributed by atoms with van der Waals surface area (Å²) < 4.78 is 40.0. The van der Waals surface area contributed by atoms with Gasteiger partial charge in [-0.2, -0.15) is 13.2 Å². The summed E-state index contributed by atoms with van der Waals surface area (Å²) in [5.74, 6) is -2.90. The largest absolute Gasteiger partial charge is 0.442 e. The van der Waals surface area contributed by atoms with Crippen LogP contribution in [-0.2, 0) is 9.59 Å². The van der Waals surface area contributed by atoms with Gasteiger partial charge in [-0.15, -0.1) is 0 Å². The second kappa shape index (κ2) is 5.06. The van der Waals surface area contributed by atoms with E-state index in [-0.39, 0.29) is 5.84 Å². The minimum atomic E-state index is -5.00. The molecule has 5 nitrogen and oxygen atoms in total. The van der Waals surface area contributed by atoms with Gasteiger partial charge >= 0.3 is 11.8 Å². The first kappa shape index (κ1) is 16.5. The Morgan fingerprint density at radius 2 is 1.80 bits per heavy atom. The number of hydrogen-bond donors (Lipinski definition) is 1. The predicted molar refractivity (Wildman–Crippen MR) is 66.9 cm³/mol. The molecule has 1 unspecified atom stereocenters. The molecule has 0 aromatic carbocycles. The van der Waals surface area contributed by atoms with Crippen LogP contribution in [0.5, 0.6) is 0 Å². The fourth-order valence-corrected chi connectivity index (χ4v) is 1.93. The zero-order valence-electron chi connectivity index (χ0n) is 12.0. The minimum Gasteiger partial charge on any atom is -0.316 e. The van der Waals surface area contributed by atoms with E-state index in [0.717, 1.165) is 4.90 Å². The Labute approximate surface area is 115 Å². The first-order chi connectivity index (χ1) is 8.94. The van der Waals surface area contributed by atoms with Crippen molar-refractivity contribution in [1.82, 2.24) is 10.2 Å². The lowest BCUT2D eigenvalue weighted by atomic mass is 10.1. The van der Waals surface area contributed by atoms with Gasteiger partial charge in [-0.3, -0.25) is 14.5 Å². The zero-order chi connectivity index (χ0) is 15.9. The molecule has 1 atom stereocenters. The van der Waals surface area contributed by atoms with Crippen molar-refractivity contribution in [2.75, 3.05) is 0 Å². The molecule has 2 amide bonds. The Kier molecular flexibility index (Phi) is 4.17. The summed E-state index contributed by atoms with van der Waals surface area (Å²) in [5, 5.41) is 1.75. The molecule has 20 heavy (non-hydrogen) atoms. The van der Waals surface area contributed by atoms with Gasteiger partial charge < -0.3 is 5.32 Å². The maximum Gasteiger partial charge on any atom is 0.442 e. The van der Waals surface area contributed by atoms with Gasteiger partial charge in [-0.25, -0.2) is 4.99 Å². The van der Waals surface area contributed by atoms with E-state index in [2.05, 4.69) is 4.99 Å². The first-order valence-electron chi connectivity index (χ1n) is 6.23. The highest BCUT2D eigenvalue weighted by atomic mass is 19.4. The number of aliphatic imine (C=N–C) groups is 1. The fraction of sp³-hybridized carbons (Fsp3) is 0.750. The molecule has 1 rings (SSSR count). The molecule has 1 aliphatic heterocycles. The maximum atomic E-state index is 13.3. The molecule has 0 spiro atoms. The number of nitrogens with zero attached hydrogens (tertiary/aromatic N) is 2. The van der Waals surface area contributed by atoms with Crippen LogP contribution in [0.3, 0.4) is 0 Å². The van der Waals surface area contributed by atoms with Crippen molar-refractivity contribution in [2.24, 2.45) is 10.9 Å². The van der Waals surface area contributed by atoms with Crippen LogP contribution in [0.1, 0.15) is 34.6 Å². The molecular weight excluding hydrogens is 275 g/mol. The SMILES string of the molecule is CC1=NC(NC(=O)C(C)C)(C(F)(F)F)C(=O)N1C(C)C. The van der Waals surface area contributed by atoms with E-state index in [1.54, 1.807) is 19.2 Å². The number of amidine groups is 1. The monoisotopic (exact) mass is 293 g/mol. The summed E-state index contributed by atoms with van der Waals surface area (Å²) in [4.78, 5) is 28.2. The standard InChI is InChI=1S/C12H18F3N3O2/c1-6(2)9(19)17-11(12(13,14)15)10(20)18(7(3)4)8(5)16-11/h6-7H,1-5H3,(H,17,19). The second-order valence-electron chi connectivity index (χ2n) is 5.28. The summed E-state index contributed by atoms with van der Waals surface area (Å²) in [7, 11) is 0. The van der Waals surface area contributed by atoms with E-state index < -0.39 is 35.6 Å². The van der Waals surface area contributed by atoms with Crippen LogP contribution >= 0.6 is 0 Å². The van der Waals surface area contributed by atoms with Crippen LogP contribution in [0.15, 0.2) is 4.99 Å². The Bertz CT molecular complexity index is 457. The molecule has 0 aromatic heterocycles. The van der Waals surface area contributed by atoms with Crippen molar-refractivity contribution in [3.63, 3.8) is 0 Å². The van der Waals surface area contributed by atoms with Crippen LogP contribution in [-0.4, -0.2) is 40.4 Å². The Morgan fingerprint density at radius 1 is 1.30 bits per heavy atom. The number of rotatable bonds is 3. The van der Waals surface area contributed by atoms with Crippen molar-refractivity contribution in [2.45, 2.75) is 52.5 Å². The third-order valence-electron chi connectivity index (χ3n) is 2.96. The van der Waals surface area contributed by atoms with Gasteiger partial charge in [0.15, 0.2) is 0 Å². The van der Waals surface area contributed by atoms with Crippen molar-refractivity contribution in [3.8, 4) is 0 Å². The number of halogens is 3. The molecule has 0 aromatic rings. The third-order valence-corrected chi connectivity index (χ3v) is 2.96. The average molecular weight is 293 g/mol. The lowest BCUT2D eigenvalue weighted by Gasteiger charge is -2.30. The highest BCUT2D eigenvalue weighted by Gasteiger charge is 2.66. The smallest absolute Gasteiger partial charge is 0.316 e. The molecule has 0 aliphatic carbocycles. The third kappa shape index (κ3) is 2.51. The molecule has 0 fully saturated rings. The van der Waals surface area contributed by atoms with E-state index >= 15 is 0 Å². The van der Waals surface area contributed by atoms with E-state index in [9.17, 15) is 22.8 Å². The van der Waals surface area contributed by atoms with Crippen molar-refractivity contribution in [1.29, 1.82) is 0 Å². The Hall–Kier alpha value is -1.60. The number of carbonyl (C=O) groups excluding carboxylic acids is 2. The van der Waals surface area contributed by atoms with E-state index in [1.807, 2.05) is 0 Å². The fourth-order valence-electron chi connectivity index (χ4n) is 1.93. The molecule has 8 heteroatoms. The highest BCUT2D eigenvalue weighted by molar-refractivity contribution is 6.09. The lowest BCUT2D eigenvalue weighted by Crippen LogP contribution is -2.64. The van der Waals surface area contributed by atoms with Crippen molar-refractivity contribution >= 4 is 17.6 Å². The quantitative estimate of drug-likeness (QED) is 0.860. The predicted octanol–water partition coefficient (Wildman–Crippen LogP) is 1.69. The number of amides is 2. The maximum absolute atomic E-state index is 13.3. The van der Waals surface area contributed by atoms with E-state index in [4.69, 9.17) is 0 Å². The molecule has 1 heterocycles. The van der Waals surface area contributed by atoms with Crippen LogP contribution in [0, 0.1) is 5.92 Å². The molecule has 0 radical (unpaired) electrons. The summed E-state index contributed by atoms with van der Waals surface area (Å²) >= 11 is 0. The van der Waals surface area contributed by atoms with Crippen molar-refractivity contribution in [3.05, 3.63) is 0 Å². The normalized spacial score (nSPS) is 23.6. The molecule has 1 aliphatic rings. The zero-order valence-corrected chi connectivity index (χ0v) is 12.0. The molecule has 0 saturated carbocycles. The molecule has 1 N–H and O–H groups in total. The van der Waals surface area contributed by atoms with Crippen molar-refractivity contribution < 1.29 is 22.8 Å². The lowest BCUT2D eigenvalue weighted by molar-refractivity contribution is -0.201. The second-order valence-corrected chi connectivity index (χ2v) is 5.28. The van der Waals surface area contributed by atoms with Crippen LogP contribution in [0.4, 0.5) is 13.2 Å². The van der Waals surface area contributed by atoms with Crippen LogP contribution in [0.2, 0.25) is 0 Å². The van der Waals surface area contributed by atoms with E-state index in [0.29, 0.717) is 0 Å². The number of nitrogens with one attached hydrogen (secondary N) is 1. The topological polar surface area (TPSA) is 61.8 Å². The highest BCUT2D eigenvalue weighted by Crippen LogP contribution is 2.38. The van der Waals surface area contributed by atoms with Crippen LogP contribution < -0.4 is 5.32 Å². The molecule has 0 saturated heterocycles. The van der Waals surface area contributed by atoms with Crippen LogP contribution in [0.25, 0.3) is 0 Å². The van der Waals surface area contributed by atoms with Gasteiger partial charge in [0.25, 0.3) is 5.91 Å². The Balaban J connectivity index is 3.30. The summed E-state index contributed by atoms with van der Waals surface area (Å²) in [6.45, 7) is 7.35. The van der Waals surface area contributed by atoms with E-state index in [1.165, 1.54) is 20.8 Å². The van der Waals surface area contributed by atoms with Gasteiger partial charge in [0.2, 0.25) is 5.91 Å². The van der Waals surface area contributed by atoms with Gasteiger partial charge in [-0.1, -0.05) is 13.8 Å². The first-order valence-corrected chi connectivity index (χ1v) is 6.23. The number of carbonyl (C=O) groups is 2. The molecular formula is C12H18F3N3O2. The molecule has 114 valence electrons. The Morgan fingerprint density at radius 3 is 2.10 bits per heavy atom. The minimum absolute atomic E-state index is 0.0635. The summed E-state index contributed by atoms with van der Waals surface area (Å²) in [5.41, 5.74) is -3.21. The van der Waals surface area contributed by atoms with Gasteiger partial charge in [0.05, 0.1) is 0 Å². The summed E-state index contributed by atoms with van der Waals surface area (Å²) in [6, 6.07) is -0.480. The number of hydrogen-bond acceptors (Lipinski definition) is 3. The van der Waals surface area contributed by atoms with Gasteiger partial charge in [-0.05, 0) is 20.8 Å². The summed E-state index contributed by atoms with van der Waals surface area (Å²) in [6.07, 6.45) is -5.00. The van der Waals surface area contributed by atoms with Gasteiger partial charge in [0.1, 0.15) is 5.84 Å². The van der Waals surface area contributed by atoms with Gasteiger partial charge in [0, 0.05) is 12.0 Å². The molecule has 0 bridgehead atoms.